The van der Waals surface area contributed by atoms with E-state index in [1.807, 2.05) is 0 Å². The molecule has 0 aliphatic heterocycles. The predicted octanol–water partition coefficient (Wildman–Crippen LogP) is 1.95. The van der Waals surface area contributed by atoms with Gasteiger partial charge in [-0.3, -0.25) is 0 Å². The van der Waals surface area contributed by atoms with Gasteiger partial charge in [0.1, 0.15) is 17.5 Å². The van der Waals surface area contributed by atoms with Crippen LogP contribution < -0.4 is 10.6 Å². The summed E-state index contributed by atoms with van der Waals surface area (Å²) in [5.41, 5.74) is 6.45. The van der Waals surface area contributed by atoms with E-state index >= 15 is 0 Å². The van der Waals surface area contributed by atoms with Crippen LogP contribution in [0.2, 0.25) is 0 Å². The third-order valence-corrected chi connectivity index (χ3v) is 2.89. The zero-order valence-corrected chi connectivity index (χ0v) is 9.95. The molecule has 1 aliphatic rings. The van der Waals surface area contributed by atoms with Gasteiger partial charge in [-0.2, -0.15) is 0 Å². The molecule has 1 aromatic heterocycles. The fraction of sp³-hybridized carbons (Fsp3) is 0.636. The maximum Gasteiger partial charge on any atom is 0.255 e. The van der Waals surface area contributed by atoms with Crippen LogP contribution in [0.3, 0.4) is 0 Å². The molecular formula is C11H16F2N4. The SMILES string of the molecule is Cc1c(N)nc(C2CC2)nc1N(C)CC(F)F. The van der Waals surface area contributed by atoms with Crippen molar-refractivity contribution < 1.29 is 8.78 Å². The van der Waals surface area contributed by atoms with E-state index in [0.717, 1.165) is 12.8 Å². The maximum atomic E-state index is 12.4. The fourth-order valence-corrected chi connectivity index (χ4v) is 1.73. The normalized spacial score (nSPS) is 15.4. The van der Waals surface area contributed by atoms with E-state index in [2.05, 4.69) is 9.97 Å². The highest BCUT2D eigenvalue weighted by atomic mass is 19.3. The molecule has 0 spiro atoms. The fourth-order valence-electron chi connectivity index (χ4n) is 1.73. The van der Waals surface area contributed by atoms with Gasteiger partial charge in [-0.25, -0.2) is 18.7 Å². The van der Waals surface area contributed by atoms with Gasteiger partial charge in [0, 0.05) is 18.5 Å². The highest BCUT2D eigenvalue weighted by molar-refractivity contribution is 5.56. The van der Waals surface area contributed by atoms with Gasteiger partial charge in [0.25, 0.3) is 6.43 Å². The van der Waals surface area contributed by atoms with Crippen molar-refractivity contribution in [2.75, 3.05) is 24.2 Å². The first-order chi connectivity index (χ1) is 7.99. The highest BCUT2D eigenvalue weighted by Gasteiger charge is 2.28. The molecule has 0 aromatic carbocycles. The van der Waals surface area contributed by atoms with Crippen LogP contribution >= 0.6 is 0 Å². The Morgan fingerprint density at radius 3 is 2.59 bits per heavy atom. The van der Waals surface area contributed by atoms with Crippen molar-refractivity contribution in [3.63, 3.8) is 0 Å². The van der Waals surface area contributed by atoms with Crippen molar-refractivity contribution in [1.29, 1.82) is 0 Å². The van der Waals surface area contributed by atoms with Gasteiger partial charge in [-0.05, 0) is 19.8 Å². The standard InChI is InChI=1S/C11H16F2N4/c1-6-9(14)15-10(7-3-4-7)16-11(6)17(2)5-8(12)13/h7-8H,3-5H2,1-2H3,(H2,14,15,16). The molecule has 1 heterocycles. The van der Waals surface area contributed by atoms with Crippen LogP contribution in [0.15, 0.2) is 0 Å². The molecular weight excluding hydrogens is 226 g/mol. The van der Waals surface area contributed by atoms with Gasteiger partial charge < -0.3 is 10.6 Å². The number of nitrogen functional groups attached to an aromatic ring is 1. The Bertz CT molecular complexity index is 418. The van der Waals surface area contributed by atoms with E-state index in [0.29, 0.717) is 28.9 Å². The van der Waals surface area contributed by atoms with Gasteiger partial charge >= 0.3 is 0 Å². The van der Waals surface area contributed by atoms with E-state index in [9.17, 15) is 8.78 Å². The molecule has 0 atom stereocenters. The molecule has 1 aromatic rings. The van der Waals surface area contributed by atoms with Gasteiger partial charge in [-0.15, -0.1) is 0 Å². The minimum atomic E-state index is -2.39. The van der Waals surface area contributed by atoms with Gasteiger partial charge in [0.05, 0.1) is 6.54 Å². The molecule has 2 N–H and O–H groups in total. The summed E-state index contributed by atoms with van der Waals surface area (Å²) in [4.78, 5) is 9.99. The molecule has 17 heavy (non-hydrogen) atoms. The molecule has 2 rings (SSSR count). The predicted molar refractivity (Wildman–Crippen MR) is 62.4 cm³/mol. The van der Waals surface area contributed by atoms with E-state index in [1.54, 1.807) is 14.0 Å². The molecule has 0 radical (unpaired) electrons. The highest BCUT2D eigenvalue weighted by Crippen LogP contribution is 2.39. The van der Waals surface area contributed by atoms with E-state index < -0.39 is 6.43 Å². The molecule has 0 saturated heterocycles. The van der Waals surface area contributed by atoms with E-state index in [-0.39, 0.29) is 6.54 Å². The molecule has 1 saturated carbocycles. The van der Waals surface area contributed by atoms with Crippen LogP contribution in [-0.2, 0) is 0 Å². The summed E-state index contributed by atoms with van der Waals surface area (Å²) in [7, 11) is 1.59. The quantitative estimate of drug-likeness (QED) is 0.876. The van der Waals surface area contributed by atoms with E-state index in [4.69, 9.17) is 5.73 Å². The second-order valence-corrected chi connectivity index (χ2v) is 4.46. The first-order valence-electron chi connectivity index (χ1n) is 5.62. The Kier molecular flexibility index (Phi) is 3.13. The zero-order chi connectivity index (χ0) is 12.6. The van der Waals surface area contributed by atoms with Crippen molar-refractivity contribution in [2.24, 2.45) is 0 Å². The second-order valence-electron chi connectivity index (χ2n) is 4.46. The molecule has 4 nitrogen and oxygen atoms in total. The van der Waals surface area contributed by atoms with Gasteiger partial charge in [0.2, 0.25) is 0 Å². The van der Waals surface area contributed by atoms with Crippen molar-refractivity contribution in [3.8, 4) is 0 Å². The second kappa shape index (κ2) is 4.43. The summed E-state index contributed by atoms with van der Waals surface area (Å²) in [5.74, 6) is 1.94. The third kappa shape index (κ3) is 2.62. The first-order valence-corrected chi connectivity index (χ1v) is 5.62. The van der Waals surface area contributed by atoms with Crippen molar-refractivity contribution in [2.45, 2.75) is 32.1 Å². The summed E-state index contributed by atoms with van der Waals surface area (Å²) in [5, 5.41) is 0. The lowest BCUT2D eigenvalue weighted by molar-refractivity contribution is 0.156. The van der Waals surface area contributed by atoms with Crippen molar-refractivity contribution >= 4 is 11.6 Å². The molecule has 1 aliphatic carbocycles. The molecule has 6 heteroatoms. The van der Waals surface area contributed by atoms with Crippen LogP contribution in [0, 0.1) is 6.92 Å². The summed E-state index contributed by atoms with van der Waals surface area (Å²) in [6.07, 6.45) is -0.277. The average Bonchev–Trinajstić information content (AvgIpc) is 3.04. The molecule has 94 valence electrons. The van der Waals surface area contributed by atoms with Crippen molar-refractivity contribution in [3.05, 3.63) is 11.4 Å². The first kappa shape index (κ1) is 12.0. The molecule has 0 unspecified atom stereocenters. The molecule has 0 amide bonds. The van der Waals surface area contributed by atoms with Gasteiger partial charge in [-0.1, -0.05) is 0 Å². The number of rotatable bonds is 4. The van der Waals surface area contributed by atoms with E-state index in [1.165, 1.54) is 4.90 Å². The number of halogens is 2. The van der Waals surface area contributed by atoms with Crippen LogP contribution in [0.5, 0.6) is 0 Å². The average molecular weight is 242 g/mol. The maximum absolute atomic E-state index is 12.4. The van der Waals surface area contributed by atoms with Crippen LogP contribution in [0.25, 0.3) is 0 Å². The number of alkyl halides is 2. The number of nitrogens with two attached hydrogens (primary N) is 1. The minimum absolute atomic E-state index is 0.346. The lowest BCUT2D eigenvalue weighted by Gasteiger charge is -2.20. The summed E-state index contributed by atoms with van der Waals surface area (Å²) in [6, 6.07) is 0. The Morgan fingerprint density at radius 2 is 2.06 bits per heavy atom. The Labute approximate surface area is 98.9 Å². The topological polar surface area (TPSA) is 55.0 Å². The smallest absolute Gasteiger partial charge is 0.255 e. The van der Waals surface area contributed by atoms with Crippen LogP contribution in [-0.4, -0.2) is 30.0 Å². The number of nitrogens with zero attached hydrogens (tertiary/aromatic N) is 3. The third-order valence-electron chi connectivity index (χ3n) is 2.89. The minimum Gasteiger partial charge on any atom is -0.383 e. The largest absolute Gasteiger partial charge is 0.383 e. The Morgan fingerprint density at radius 1 is 1.41 bits per heavy atom. The van der Waals surface area contributed by atoms with Crippen LogP contribution in [0.4, 0.5) is 20.4 Å². The summed E-state index contributed by atoms with van der Waals surface area (Å²) < 4.78 is 24.7. The van der Waals surface area contributed by atoms with Crippen LogP contribution in [0.1, 0.15) is 30.1 Å². The molecule has 0 bridgehead atoms. The lowest BCUT2D eigenvalue weighted by Crippen LogP contribution is -2.26. The number of anilines is 2. The number of aromatic nitrogens is 2. The monoisotopic (exact) mass is 242 g/mol. The number of hydrogen-bond donors (Lipinski definition) is 1. The summed E-state index contributed by atoms with van der Waals surface area (Å²) >= 11 is 0. The summed E-state index contributed by atoms with van der Waals surface area (Å²) in [6.45, 7) is 1.41. The molecule has 1 fully saturated rings. The Hall–Kier alpha value is -1.46. The van der Waals surface area contributed by atoms with Crippen molar-refractivity contribution in [1.82, 2.24) is 9.97 Å². The number of hydrogen-bond acceptors (Lipinski definition) is 4. The lowest BCUT2D eigenvalue weighted by atomic mass is 10.2. The van der Waals surface area contributed by atoms with Gasteiger partial charge in [0.15, 0.2) is 0 Å². The zero-order valence-electron chi connectivity index (χ0n) is 9.95. The Balaban J connectivity index is 2.30.